The maximum absolute atomic E-state index is 5.72. The molecule has 1 atom stereocenters. The summed E-state index contributed by atoms with van der Waals surface area (Å²) in [5.41, 5.74) is 2.52. The molecule has 5 nitrogen and oxygen atoms in total. The first-order valence-corrected chi connectivity index (χ1v) is 8.03. The molecule has 0 radical (unpaired) electrons. The van der Waals surface area contributed by atoms with Crippen LogP contribution in [0.15, 0.2) is 47.7 Å². The molecule has 1 aliphatic heterocycles. The number of aliphatic imine (C=N–C) groups is 1. The van der Waals surface area contributed by atoms with Gasteiger partial charge in [0.2, 0.25) is 0 Å². The quantitative estimate of drug-likeness (QED) is 0.672. The lowest BCUT2D eigenvalue weighted by Gasteiger charge is -2.26. The summed E-state index contributed by atoms with van der Waals surface area (Å²) in [7, 11) is 3.83. The normalized spacial score (nSPS) is 17.3. The summed E-state index contributed by atoms with van der Waals surface area (Å²) in [4.78, 5) is 4.31. The lowest BCUT2D eigenvalue weighted by molar-refractivity contribution is 0.267. The molecule has 2 aromatic rings. The molecule has 23 heavy (non-hydrogen) atoms. The minimum atomic E-state index is 0.454. The fourth-order valence-corrected chi connectivity index (χ4v) is 2.92. The molecule has 1 aliphatic rings. The average Bonchev–Trinajstić information content (AvgIpc) is 3.00. The van der Waals surface area contributed by atoms with Gasteiger partial charge < -0.3 is 19.9 Å². The second-order valence-electron chi connectivity index (χ2n) is 5.86. The van der Waals surface area contributed by atoms with Crippen LogP contribution in [-0.2, 0) is 13.6 Å². The number of aromatic nitrogens is 1. The van der Waals surface area contributed by atoms with E-state index in [-0.39, 0.29) is 0 Å². The van der Waals surface area contributed by atoms with E-state index in [2.05, 4.69) is 40.0 Å². The Kier molecular flexibility index (Phi) is 4.86. The molecule has 0 aliphatic carbocycles. The van der Waals surface area contributed by atoms with Crippen molar-refractivity contribution in [3.63, 3.8) is 0 Å². The second kappa shape index (κ2) is 7.22. The van der Waals surface area contributed by atoms with Crippen molar-refractivity contribution < 1.29 is 4.74 Å². The number of fused-ring (bicyclic) bond motifs is 1. The van der Waals surface area contributed by atoms with Gasteiger partial charge in [-0.1, -0.05) is 18.2 Å². The molecule has 2 N–H and O–H groups in total. The molecular weight excluding hydrogens is 288 g/mol. The van der Waals surface area contributed by atoms with E-state index in [0.29, 0.717) is 5.92 Å². The van der Waals surface area contributed by atoms with E-state index in [9.17, 15) is 0 Å². The van der Waals surface area contributed by atoms with E-state index >= 15 is 0 Å². The molecule has 1 aromatic carbocycles. The molecule has 0 saturated carbocycles. The van der Waals surface area contributed by atoms with Gasteiger partial charge in [0.15, 0.2) is 5.96 Å². The van der Waals surface area contributed by atoms with Crippen LogP contribution in [0.25, 0.3) is 0 Å². The molecule has 5 heteroatoms. The van der Waals surface area contributed by atoms with Gasteiger partial charge in [0.1, 0.15) is 5.75 Å². The Morgan fingerprint density at radius 1 is 1.30 bits per heavy atom. The number of ether oxygens (including phenoxy) is 1. The van der Waals surface area contributed by atoms with Gasteiger partial charge in [-0.3, -0.25) is 4.99 Å². The van der Waals surface area contributed by atoms with Gasteiger partial charge in [0, 0.05) is 45.5 Å². The number of rotatable bonds is 4. The first kappa shape index (κ1) is 15.5. The molecule has 122 valence electrons. The third kappa shape index (κ3) is 3.86. The number of hydrogen-bond donors (Lipinski definition) is 2. The Bertz CT molecular complexity index is 677. The summed E-state index contributed by atoms with van der Waals surface area (Å²) >= 11 is 0. The first-order chi connectivity index (χ1) is 11.3. The van der Waals surface area contributed by atoms with Crippen LogP contribution in [-0.4, -0.2) is 30.7 Å². The third-order valence-electron chi connectivity index (χ3n) is 4.18. The van der Waals surface area contributed by atoms with Gasteiger partial charge >= 0.3 is 0 Å². The van der Waals surface area contributed by atoms with Crippen LogP contribution >= 0.6 is 0 Å². The van der Waals surface area contributed by atoms with Crippen LogP contribution < -0.4 is 15.4 Å². The van der Waals surface area contributed by atoms with Crippen LogP contribution in [0.1, 0.15) is 23.5 Å². The lowest BCUT2D eigenvalue weighted by Crippen LogP contribution is -2.39. The van der Waals surface area contributed by atoms with Gasteiger partial charge in [0.25, 0.3) is 0 Å². The Morgan fingerprint density at radius 3 is 2.96 bits per heavy atom. The number of aryl methyl sites for hydroxylation is 1. The predicted molar refractivity (Wildman–Crippen MR) is 92.9 cm³/mol. The zero-order valence-corrected chi connectivity index (χ0v) is 13.7. The number of para-hydroxylation sites is 1. The summed E-state index contributed by atoms with van der Waals surface area (Å²) in [6.45, 7) is 2.40. The SMILES string of the molecule is CN=C(NCc1ccn(C)c1)NCC1CCOc2ccccc21. The number of nitrogens with one attached hydrogen (secondary N) is 2. The third-order valence-corrected chi connectivity index (χ3v) is 4.18. The molecule has 1 aromatic heterocycles. The summed E-state index contributed by atoms with van der Waals surface area (Å²) in [6, 6.07) is 10.4. The Balaban J connectivity index is 1.54. The molecular formula is C18H24N4O. The van der Waals surface area contributed by atoms with Crippen molar-refractivity contribution in [1.29, 1.82) is 0 Å². The highest BCUT2D eigenvalue weighted by atomic mass is 16.5. The van der Waals surface area contributed by atoms with Crippen molar-refractivity contribution in [2.24, 2.45) is 12.0 Å². The van der Waals surface area contributed by atoms with Gasteiger partial charge in [-0.15, -0.1) is 0 Å². The Hall–Kier alpha value is -2.43. The highest BCUT2D eigenvalue weighted by molar-refractivity contribution is 5.79. The highest BCUT2D eigenvalue weighted by Gasteiger charge is 2.20. The van der Waals surface area contributed by atoms with Gasteiger partial charge in [-0.25, -0.2) is 0 Å². The monoisotopic (exact) mass is 312 g/mol. The van der Waals surface area contributed by atoms with E-state index in [4.69, 9.17) is 4.74 Å². The van der Waals surface area contributed by atoms with E-state index in [1.54, 1.807) is 7.05 Å². The fourth-order valence-electron chi connectivity index (χ4n) is 2.92. The van der Waals surface area contributed by atoms with Crippen LogP contribution in [0.5, 0.6) is 5.75 Å². The van der Waals surface area contributed by atoms with Crippen molar-refractivity contribution >= 4 is 5.96 Å². The van der Waals surface area contributed by atoms with Crippen molar-refractivity contribution in [1.82, 2.24) is 15.2 Å². The maximum Gasteiger partial charge on any atom is 0.191 e. The maximum atomic E-state index is 5.72. The van der Waals surface area contributed by atoms with Crippen molar-refractivity contribution in [2.75, 3.05) is 20.2 Å². The molecule has 0 amide bonds. The van der Waals surface area contributed by atoms with Gasteiger partial charge in [-0.05, 0) is 29.7 Å². The van der Waals surface area contributed by atoms with Crippen LogP contribution in [0, 0.1) is 0 Å². The molecule has 2 heterocycles. The number of hydrogen-bond acceptors (Lipinski definition) is 2. The average molecular weight is 312 g/mol. The Labute approximate surface area is 137 Å². The van der Waals surface area contributed by atoms with Gasteiger partial charge in [-0.2, -0.15) is 0 Å². The summed E-state index contributed by atoms with van der Waals surface area (Å²) in [5.74, 6) is 2.30. The molecule has 3 rings (SSSR count). The molecule has 0 fully saturated rings. The van der Waals surface area contributed by atoms with E-state index < -0.39 is 0 Å². The van der Waals surface area contributed by atoms with Crippen molar-refractivity contribution in [3.05, 3.63) is 53.9 Å². The smallest absolute Gasteiger partial charge is 0.191 e. The van der Waals surface area contributed by atoms with Crippen molar-refractivity contribution in [2.45, 2.75) is 18.9 Å². The topological polar surface area (TPSA) is 50.6 Å². The van der Waals surface area contributed by atoms with E-state index in [0.717, 1.165) is 37.8 Å². The standard InChI is InChI=1S/C18H24N4O/c1-19-18(20-11-14-7-9-22(2)13-14)21-12-15-8-10-23-17-6-4-3-5-16(15)17/h3-7,9,13,15H,8,10-12H2,1-2H3,(H2,19,20,21). The van der Waals surface area contributed by atoms with Crippen LogP contribution in [0.2, 0.25) is 0 Å². The molecule has 0 spiro atoms. The number of nitrogens with zero attached hydrogens (tertiary/aromatic N) is 2. The minimum Gasteiger partial charge on any atom is -0.493 e. The summed E-state index contributed by atoms with van der Waals surface area (Å²) in [5, 5.41) is 6.79. The predicted octanol–water partition coefficient (Wildman–Crippen LogP) is 2.26. The van der Waals surface area contributed by atoms with E-state index in [1.165, 1.54) is 11.1 Å². The van der Waals surface area contributed by atoms with Crippen molar-refractivity contribution in [3.8, 4) is 5.75 Å². The minimum absolute atomic E-state index is 0.454. The number of benzene rings is 1. The van der Waals surface area contributed by atoms with Crippen LogP contribution in [0.4, 0.5) is 0 Å². The zero-order chi connectivity index (χ0) is 16.1. The molecule has 0 bridgehead atoms. The summed E-state index contributed by atoms with van der Waals surface area (Å²) < 4.78 is 7.77. The largest absolute Gasteiger partial charge is 0.493 e. The molecule has 1 unspecified atom stereocenters. The first-order valence-electron chi connectivity index (χ1n) is 8.03. The second-order valence-corrected chi connectivity index (χ2v) is 5.86. The fraction of sp³-hybridized carbons (Fsp3) is 0.389. The van der Waals surface area contributed by atoms with E-state index in [1.807, 2.05) is 29.9 Å². The lowest BCUT2D eigenvalue weighted by atomic mass is 9.93. The summed E-state index contributed by atoms with van der Waals surface area (Å²) in [6.07, 6.45) is 5.18. The van der Waals surface area contributed by atoms with Gasteiger partial charge in [0.05, 0.1) is 6.61 Å². The highest BCUT2D eigenvalue weighted by Crippen LogP contribution is 2.32. The molecule has 0 saturated heterocycles. The van der Waals surface area contributed by atoms with Crippen LogP contribution in [0.3, 0.4) is 0 Å². The number of guanidine groups is 1. The Morgan fingerprint density at radius 2 is 2.17 bits per heavy atom. The zero-order valence-electron chi connectivity index (χ0n) is 13.7.